The number of nitrogens with zero attached hydrogens (tertiary/aromatic N) is 2. The molecule has 122 valence electrons. The van der Waals surface area contributed by atoms with Crippen LogP contribution in [0.25, 0.3) is 0 Å². The predicted octanol–water partition coefficient (Wildman–Crippen LogP) is 3.53. The molecule has 2 rings (SSSR count). The van der Waals surface area contributed by atoms with Gasteiger partial charge in [0.15, 0.2) is 0 Å². The summed E-state index contributed by atoms with van der Waals surface area (Å²) in [7, 11) is 0. The standard InChI is InChI=1S/C14H16ClF3N2O2/c1-2-22-13(21)9-4-3-5-20(8-9)12-11(15)6-10(7-19-12)14(16,17)18/h6-7,9H,2-5,8H2,1H3/t9-/m1/s1. The fourth-order valence-electron chi connectivity index (χ4n) is 2.44. The predicted molar refractivity (Wildman–Crippen MR) is 75.8 cm³/mol. The number of pyridine rings is 1. The van der Waals surface area contributed by atoms with Gasteiger partial charge in [-0.15, -0.1) is 0 Å². The summed E-state index contributed by atoms with van der Waals surface area (Å²) in [6.45, 7) is 2.96. The lowest BCUT2D eigenvalue weighted by Gasteiger charge is -2.32. The second kappa shape index (κ2) is 6.73. The first-order valence-corrected chi connectivity index (χ1v) is 7.35. The number of hydrogen-bond donors (Lipinski definition) is 0. The van der Waals surface area contributed by atoms with E-state index in [0.717, 1.165) is 18.7 Å². The van der Waals surface area contributed by atoms with E-state index in [4.69, 9.17) is 16.3 Å². The van der Waals surface area contributed by atoms with E-state index >= 15 is 0 Å². The summed E-state index contributed by atoms with van der Waals surface area (Å²) >= 11 is 5.94. The minimum absolute atomic E-state index is 0.0701. The van der Waals surface area contributed by atoms with E-state index in [-0.39, 0.29) is 22.7 Å². The number of piperidine rings is 1. The average molecular weight is 337 g/mol. The SMILES string of the molecule is CCOC(=O)[C@@H]1CCCN(c2ncc(C(F)(F)F)cc2Cl)C1. The highest BCUT2D eigenvalue weighted by molar-refractivity contribution is 6.33. The zero-order chi connectivity index (χ0) is 16.3. The molecule has 1 aliphatic heterocycles. The largest absolute Gasteiger partial charge is 0.466 e. The van der Waals surface area contributed by atoms with Crippen LogP contribution in [0.15, 0.2) is 12.3 Å². The van der Waals surface area contributed by atoms with Gasteiger partial charge in [0.25, 0.3) is 0 Å². The van der Waals surface area contributed by atoms with Crippen molar-refractivity contribution in [3.63, 3.8) is 0 Å². The van der Waals surface area contributed by atoms with Crippen molar-refractivity contribution in [1.29, 1.82) is 0 Å². The van der Waals surface area contributed by atoms with Gasteiger partial charge in [-0.1, -0.05) is 11.6 Å². The van der Waals surface area contributed by atoms with Crippen molar-refractivity contribution in [2.75, 3.05) is 24.6 Å². The number of carbonyl (C=O) groups is 1. The average Bonchev–Trinajstić information content (AvgIpc) is 2.46. The lowest BCUT2D eigenvalue weighted by Crippen LogP contribution is -2.40. The molecule has 0 unspecified atom stereocenters. The molecule has 0 N–H and O–H groups in total. The number of rotatable bonds is 3. The molecule has 1 aliphatic rings. The van der Waals surface area contributed by atoms with Crippen molar-refractivity contribution >= 4 is 23.4 Å². The van der Waals surface area contributed by atoms with Crippen LogP contribution in [0.5, 0.6) is 0 Å². The molecule has 0 bridgehead atoms. The summed E-state index contributed by atoms with van der Waals surface area (Å²) < 4.78 is 42.9. The normalized spacial score (nSPS) is 19.1. The second-order valence-electron chi connectivity index (χ2n) is 5.06. The van der Waals surface area contributed by atoms with Gasteiger partial charge in [0.2, 0.25) is 0 Å². The van der Waals surface area contributed by atoms with Crippen molar-refractivity contribution in [1.82, 2.24) is 4.98 Å². The minimum atomic E-state index is -4.48. The molecule has 1 aromatic heterocycles. The lowest BCUT2D eigenvalue weighted by atomic mass is 9.98. The monoisotopic (exact) mass is 336 g/mol. The Labute approximate surface area is 131 Å². The summed E-state index contributed by atoms with van der Waals surface area (Å²) in [5.41, 5.74) is -0.889. The van der Waals surface area contributed by atoms with Gasteiger partial charge in [-0.3, -0.25) is 4.79 Å². The number of ether oxygens (including phenoxy) is 1. The molecule has 0 aliphatic carbocycles. The Bertz CT molecular complexity index is 551. The molecule has 1 atom stereocenters. The van der Waals surface area contributed by atoms with E-state index in [0.29, 0.717) is 26.1 Å². The number of anilines is 1. The molecular weight excluding hydrogens is 321 g/mol. The molecule has 0 aromatic carbocycles. The topological polar surface area (TPSA) is 42.4 Å². The zero-order valence-corrected chi connectivity index (χ0v) is 12.7. The van der Waals surface area contributed by atoms with Crippen LogP contribution in [0.3, 0.4) is 0 Å². The van der Waals surface area contributed by atoms with Crippen LogP contribution < -0.4 is 4.90 Å². The summed E-state index contributed by atoms with van der Waals surface area (Å²) in [4.78, 5) is 17.4. The van der Waals surface area contributed by atoms with Gasteiger partial charge < -0.3 is 9.64 Å². The third kappa shape index (κ3) is 3.82. The highest BCUT2D eigenvalue weighted by Gasteiger charge is 2.33. The first-order chi connectivity index (χ1) is 10.3. The van der Waals surface area contributed by atoms with E-state index in [9.17, 15) is 18.0 Å². The molecule has 0 amide bonds. The maximum absolute atomic E-state index is 12.6. The van der Waals surface area contributed by atoms with Gasteiger partial charge in [0, 0.05) is 19.3 Å². The highest BCUT2D eigenvalue weighted by atomic mass is 35.5. The first kappa shape index (κ1) is 16.9. The smallest absolute Gasteiger partial charge is 0.417 e. The van der Waals surface area contributed by atoms with Crippen molar-refractivity contribution < 1.29 is 22.7 Å². The van der Waals surface area contributed by atoms with Crippen molar-refractivity contribution in [3.05, 3.63) is 22.8 Å². The van der Waals surface area contributed by atoms with Crippen LogP contribution in [0.1, 0.15) is 25.3 Å². The van der Waals surface area contributed by atoms with E-state index in [2.05, 4.69) is 4.98 Å². The molecule has 0 radical (unpaired) electrons. The number of alkyl halides is 3. The fraction of sp³-hybridized carbons (Fsp3) is 0.571. The number of esters is 1. The Morgan fingerprint density at radius 2 is 2.27 bits per heavy atom. The minimum Gasteiger partial charge on any atom is -0.466 e. The Balaban J connectivity index is 2.16. The summed E-state index contributed by atoms with van der Waals surface area (Å²) in [6.07, 6.45) is -2.31. The van der Waals surface area contributed by atoms with Gasteiger partial charge in [0.1, 0.15) is 5.82 Å². The van der Waals surface area contributed by atoms with Crippen LogP contribution in [-0.2, 0) is 15.7 Å². The van der Waals surface area contributed by atoms with Crippen LogP contribution in [0.2, 0.25) is 5.02 Å². The van der Waals surface area contributed by atoms with Crippen molar-refractivity contribution in [2.45, 2.75) is 25.9 Å². The Kier molecular flexibility index (Phi) is 5.16. The molecule has 2 heterocycles. The third-order valence-electron chi connectivity index (χ3n) is 3.49. The maximum Gasteiger partial charge on any atom is 0.417 e. The van der Waals surface area contributed by atoms with Crippen LogP contribution in [-0.4, -0.2) is 30.6 Å². The van der Waals surface area contributed by atoms with Crippen LogP contribution >= 0.6 is 11.6 Å². The van der Waals surface area contributed by atoms with Gasteiger partial charge >= 0.3 is 12.1 Å². The molecule has 0 saturated carbocycles. The molecule has 1 saturated heterocycles. The lowest BCUT2D eigenvalue weighted by molar-refractivity contribution is -0.148. The summed E-state index contributed by atoms with van der Waals surface area (Å²) in [5.74, 6) is -0.340. The van der Waals surface area contributed by atoms with E-state index in [1.807, 2.05) is 0 Å². The quantitative estimate of drug-likeness (QED) is 0.792. The molecule has 4 nitrogen and oxygen atoms in total. The maximum atomic E-state index is 12.6. The fourth-order valence-corrected chi connectivity index (χ4v) is 2.73. The number of aromatic nitrogens is 1. The second-order valence-corrected chi connectivity index (χ2v) is 5.47. The van der Waals surface area contributed by atoms with Crippen molar-refractivity contribution in [3.8, 4) is 0 Å². The molecule has 0 spiro atoms. The first-order valence-electron chi connectivity index (χ1n) is 6.97. The summed E-state index contributed by atoms with van der Waals surface area (Å²) in [5, 5.41) is -0.0701. The van der Waals surface area contributed by atoms with Crippen LogP contribution in [0, 0.1) is 5.92 Å². The zero-order valence-electron chi connectivity index (χ0n) is 12.0. The van der Waals surface area contributed by atoms with E-state index in [1.165, 1.54) is 0 Å². The Hall–Kier alpha value is -1.50. The van der Waals surface area contributed by atoms with Crippen molar-refractivity contribution in [2.24, 2.45) is 5.92 Å². The van der Waals surface area contributed by atoms with Gasteiger partial charge in [-0.05, 0) is 25.8 Å². The van der Waals surface area contributed by atoms with Gasteiger partial charge in [-0.25, -0.2) is 4.98 Å². The molecule has 22 heavy (non-hydrogen) atoms. The summed E-state index contributed by atoms with van der Waals surface area (Å²) in [6, 6.07) is 0.859. The van der Waals surface area contributed by atoms with Gasteiger partial charge in [0.05, 0.1) is 23.1 Å². The number of halogens is 4. The van der Waals surface area contributed by atoms with E-state index in [1.54, 1.807) is 11.8 Å². The molecule has 8 heteroatoms. The van der Waals surface area contributed by atoms with Crippen LogP contribution in [0.4, 0.5) is 19.0 Å². The molecular formula is C14H16ClF3N2O2. The Morgan fingerprint density at radius 3 is 2.86 bits per heavy atom. The number of hydrogen-bond acceptors (Lipinski definition) is 4. The molecule has 1 aromatic rings. The van der Waals surface area contributed by atoms with E-state index < -0.39 is 11.7 Å². The number of carbonyl (C=O) groups excluding carboxylic acids is 1. The third-order valence-corrected chi connectivity index (χ3v) is 3.77. The van der Waals surface area contributed by atoms with Gasteiger partial charge in [-0.2, -0.15) is 13.2 Å². The highest BCUT2D eigenvalue weighted by Crippen LogP contribution is 2.34. The Morgan fingerprint density at radius 1 is 1.55 bits per heavy atom. The molecule has 1 fully saturated rings.